The van der Waals surface area contributed by atoms with Gasteiger partial charge in [0, 0.05) is 18.3 Å². The first kappa shape index (κ1) is 42.5. The van der Waals surface area contributed by atoms with E-state index in [4.69, 9.17) is 14.2 Å². The maximum Gasteiger partial charge on any atom is 0.312 e. The van der Waals surface area contributed by atoms with E-state index in [-0.39, 0.29) is 77.6 Å². The van der Waals surface area contributed by atoms with Gasteiger partial charge < -0.3 is 19.3 Å². The summed E-state index contributed by atoms with van der Waals surface area (Å²) in [5, 5.41) is 9.57. The van der Waals surface area contributed by atoms with Crippen molar-refractivity contribution in [3.8, 4) is 0 Å². The Hall–Kier alpha value is -1.96. The molecule has 7 aliphatic rings. The Morgan fingerprint density at radius 2 is 1.32 bits per heavy atom. The van der Waals surface area contributed by atoms with Crippen molar-refractivity contribution in [1.82, 2.24) is 0 Å². The van der Waals surface area contributed by atoms with Gasteiger partial charge in [-0.15, -0.1) is 0 Å². The van der Waals surface area contributed by atoms with E-state index in [0.29, 0.717) is 79.6 Å². The van der Waals surface area contributed by atoms with Gasteiger partial charge in [-0.3, -0.25) is 19.2 Å². The van der Waals surface area contributed by atoms with Gasteiger partial charge in [0.1, 0.15) is 11.9 Å². The SMILES string of the molecule is C.C.C.C.CCC(C)(CC(C)(C)C(=O)CC1CC2CC1C1CC(C(=O)OC3CCCCO3)CC21)C(=O)OC1CC2CC1C1CC(C(=O)O)CC21. The predicted molar refractivity (Wildman–Crippen MR) is 196 cm³/mol. The highest BCUT2D eigenvalue weighted by atomic mass is 16.7. The molecular weight excluding hydrogens is 632 g/mol. The van der Waals surface area contributed by atoms with Gasteiger partial charge in [0.25, 0.3) is 0 Å². The molecule has 1 saturated heterocycles. The number of carbonyl (C=O) groups is 4. The quantitative estimate of drug-likeness (QED) is 0.212. The third-order valence-corrected chi connectivity index (χ3v) is 14.6. The number of aliphatic carboxylic acids is 1. The molecule has 288 valence electrons. The fourth-order valence-corrected chi connectivity index (χ4v) is 12.2. The number of esters is 2. The molecule has 0 spiro atoms. The zero-order chi connectivity index (χ0) is 32.5. The van der Waals surface area contributed by atoms with E-state index in [1.165, 1.54) is 6.42 Å². The third kappa shape index (κ3) is 7.57. The zero-order valence-corrected chi connectivity index (χ0v) is 28.4. The lowest BCUT2D eigenvalue weighted by molar-refractivity contribution is -0.191. The minimum atomic E-state index is -0.749. The molecule has 0 amide bonds. The Morgan fingerprint density at radius 3 is 1.96 bits per heavy atom. The number of ketones is 1. The van der Waals surface area contributed by atoms with Crippen molar-refractivity contribution in [1.29, 1.82) is 0 Å². The Morgan fingerprint density at radius 1 is 0.720 bits per heavy atom. The third-order valence-electron chi connectivity index (χ3n) is 14.6. The van der Waals surface area contributed by atoms with E-state index in [9.17, 15) is 24.3 Å². The summed E-state index contributed by atoms with van der Waals surface area (Å²) in [7, 11) is 0. The lowest BCUT2D eigenvalue weighted by atomic mass is 9.67. The van der Waals surface area contributed by atoms with Crippen molar-refractivity contribution >= 4 is 23.7 Å². The van der Waals surface area contributed by atoms with Crippen molar-refractivity contribution in [3.05, 3.63) is 0 Å². The van der Waals surface area contributed by atoms with Crippen LogP contribution in [0.4, 0.5) is 0 Å². The summed E-state index contributed by atoms with van der Waals surface area (Å²) < 4.78 is 17.7. The van der Waals surface area contributed by atoms with Gasteiger partial charge in [0.15, 0.2) is 0 Å². The van der Waals surface area contributed by atoms with Gasteiger partial charge in [-0.25, -0.2) is 0 Å². The summed E-state index contributed by atoms with van der Waals surface area (Å²) in [6.07, 6.45) is 11.4. The first-order valence-corrected chi connectivity index (χ1v) is 18.7. The Balaban J connectivity index is 0.00000169. The number of ether oxygens (including phenoxy) is 3. The van der Waals surface area contributed by atoms with E-state index in [1.54, 1.807) is 0 Å². The van der Waals surface area contributed by atoms with Gasteiger partial charge in [-0.1, -0.05) is 50.5 Å². The molecule has 7 rings (SSSR count). The molecule has 0 aromatic heterocycles. The van der Waals surface area contributed by atoms with Gasteiger partial charge in [-0.2, -0.15) is 0 Å². The Kier molecular flexibility index (Phi) is 13.6. The molecule has 6 aliphatic carbocycles. The zero-order valence-electron chi connectivity index (χ0n) is 28.4. The Bertz CT molecular complexity index is 1220. The van der Waals surface area contributed by atoms with Gasteiger partial charge in [-0.05, 0) is 137 Å². The molecule has 1 aliphatic heterocycles. The molecule has 0 radical (unpaired) electrons. The van der Waals surface area contributed by atoms with Crippen LogP contribution in [0.5, 0.6) is 0 Å². The molecule has 50 heavy (non-hydrogen) atoms. The molecule has 14 atom stereocenters. The molecule has 8 nitrogen and oxygen atoms in total. The summed E-state index contributed by atoms with van der Waals surface area (Å²) in [5.41, 5.74) is -1.40. The number of hydrogen-bond acceptors (Lipinski definition) is 7. The average Bonchev–Trinajstić information content (AvgIpc) is 3.84. The van der Waals surface area contributed by atoms with Crippen LogP contribution in [0.2, 0.25) is 0 Å². The maximum absolute atomic E-state index is 14.0. The first-order valence-electron chi connectivity index (χ1n) is 18.7. The summed E-state index contributed by atoms with van der Waals surface area (Å²) in [4.78, 5) is 52.4. The van der Waals surface area contributed by atoms with Crippen molar-refractivity contribution < 1.29 is 38.5 Å². The number of carboxylic acid groups (broad SMARTS) is 1. The predicted octanol–water partition coefficient (Wildman–Crippen LogP) is 9.37. The number of Topliss-reactive ketones (excluding diaryl/α,β-unsaturated/α-hetero) is 1. The molecule has 0 aromatic carbocycles. The van der Waals surface area contributed by atoms with E-state index >= 15 is 0 Å². The Labute approximate surface area is 303 Å². The van der Waals surface area contributed by atoms with Gasteiger partial charge >= 0.3 is 17.9 Å². The normalized spacial score (nSPS) is 40.1. The second-order valence-electron chi connectivity index (χ2n) is 17.7. The molecule has 1 heterocycles. The van der Waals surface area contributed by atoms with Crippen molar-refractivity contribution in [3.63, 3.8) is 0 Å². The van der Waals surface area contributed by atoms with Crippen molar-refractivity contribution in [2.75, 3.05) is 6.61 Å². The van der Waals surface area contributed by atoms with Crippen LogP contribution in [0.25, 0.3) is 0 Å². The number of carbonyl (C=O) groups excluding carboxylic acids is 3. The van der Waals surface area contributed by atoms with Crippen LogP contribution in [0.1, 0.15) is 147 Å². The molecule has 8 heteroatoms. The van der Waals surface area contributed by atoms with Crippen molar-refractivity contribution in [2.45, 2.75) is 160 Å². The minimum Gasteiger partial charge on any atom is -0.481 e. The number of fused-ring (bicyclic) bond motifs is 10. The van der Waals surface area contributed by atoms with Crippen LogP contribution in [0.15, 0.2) is 0 Å². The van der Waals surface area contributed by atoms with Crippen molar-refractivity contribution in [2.24, 2.45) is 75.9 Å². The van der Waals surface area contributed by atoms with E-state index in [1.807, 2.05) is 27.7 Å². The highest BCUT2D eigenvalue weighted by Crippen LogP contribution is 2.64. The fraction of sp³-hybridized carbons (Fsp3) is 0.905. The van der Waals surface area contributed by atoms with E-state index < -0.39 is 16.8 Å². The van der Waals surface area contributed by atoms with Gasteiger partial charge in [0.05, 0.1) is 23.9 Å². The second-order valence-corrected chi connectivity index (χ2v) is 17.7. The molecule has 1 N–H and O–H groups in total. The molecule has 7 fully saturated rings. The van der Waals surface area contributed by atoms with Gasteiger partial charge in [0.2, 0.25) is 6.29 Å². The molecule has 14 unspecified atom stereocenters. The summed E-state index contributed by atoms with van der Waals surface area (Å²) in [6.45, 7) is 8.67. The topological polar surface area (TPSA) is 116 Å². The monoisotopic (exact) mass is 705 g/mol. The summed E-state index contributed by atoms with van der Waals surface area (Å²) in [5.74, 6) is 3.10. The molecule has 6 saturated carbocycles. The van der Waals surface area contributed by atoms with Crippen LogP contribution in [-0.4, -0.2) is 47.8 Å². The number of rotatable bonds is 11. The highest BCUT2D eigenvalue weighted by molar-refractivity contribution is 5.86. The molecule has 0 aromatic rings. The minimum absolute atomic E-state index is 0. The van der Waals surface area contributed by atoms with Crippen LogP contribution < -0.4 is 0 Å². The summed E-state index contributed by atoms with van der Waals surface area (Å²) >= 11 is 0. The smallest absolute Gasteiger partial charge is 0.312 e. The lowest BCUT2D eigenvalue weighted by Gasteiger charge is -2.38. The maximum atomic E-state index is 14.0. The number of hydrogen-bond donors (Lipinski definition) is 1. The van der Waals surface area contributed by atoms with E-state index in [2.05, 4.69) is 0 Å². The van der Waals surface area contributed by atoms with Crippen LogP contribution in [0.3, 0.4) is 0 Å². The largest absolute Gasteiger partial charge is 0.481 e. The first-order chi connectivity index (χ1) is 21.9. The van der Waals surface area contributed by atoms with Crippen LogP contribution >= 0.6 is 0 Å². The molecular formula is C42H72O8. The highest BCUT2D eigenvalue weighted by Gasteiger charge is 2.60. The van der Waals surface area contributed by atoms with Crippen LogP contribution in [0, 0.1) is 75.9 Å². The second kappa shape index (κ2) is 16.0. The summed E-state index contributed by atoms with van der Waals surface area (Å²) in [6, 6.07) is 0. The van der Waals surface area contributed by atoms with E-state index in [0.717, 1.165) is 57.8 Å². The fourth-order valence-electron chi connectivity index (χ4n) is 12.2. The van der Waals surface area contributed by atoms with Crippen LogP contribution in [-0.2, 0) is 33.4 Å². The lowest BCUT2D eigenvalue weighted by Crippen LogP contribution is -2.41. The molecule has 4 bridgehead atoms. The average molecular weight is 705 g/mol. The number of carboxylic acids is 1. The standard InChI is InChI=1S/C38H56O8.4CH4/c1-5-38(4,36(43)45-31-17-22-12-30(31)29-14-23(34(40)41)13-26(22)29)19-37(2,3)32(39)18-21-10-20-11-25(21)28-16-24(15-27(20)28)35(42)46-33-8-6-7-9-44-33;;;;/h20-31,33H,5-19H2,1-4H3,(H,40,41);4*1H4.